The fraction of sp³-hybridized carbons (Fsp3) is 0.667. The summed E-state index contributed by atoms with van der Waals surface area (Å²) in [6, 6.07) is 0. The fourth-order valence-electron chi connectivity index (χ4n) is 0.593. The average Bonchev–Trinajstić information content (AvgIpc) is 1.77. The molecular weight excluding hydrogens is 167 g/mol. The Bertz CT molecular complexity index is 104. The van der Waals surface area contributed by atoms with Crippen LogP contribution in [0.25, 0.3) is 0 Å². The molecule has 0 amide bonds. The van der Waals surface area contributed by atoms with Crippen molar-refractivity contribution in [3.63, 3.8) is 0 Å². The molecule has 46 valence electrons. The Labute approximate surface area is 56.3 Å². The van der Waals surface area contributed by atoms with Gasteiger partial charge in [-0.1, -0.05) is 0 Å². The second-order valence-electron chi connectivity index (χ2n) is 1.81. The van der Waals surface area contributed by atoms with Gasteiger partial charge in [0.25, 0.3) is 0 Å². The van der Waals surface area contributed by atoms with Gasteiger partial charge in [-0.2, -0.15) is 0 Å². The van der Waals surface area contributed by atoms with Crippen molar-refractivity contribution in [3.8, 4) is 0 Å². The zero-order valence-electron chi connectivity index (χ0n) is 5.23. The summed E-state index contributed by atoms with van der Waals surface area (Å²) in [6.07, 6.45) is 0. The molecule has 2 heteroatoms. The maximum atomic E-state index is 5.29. The van der Waals surface area contributed by atoms with Gasteiger partial charge in [-0.05, 0) is 0 Å². The summed E-state index contributed by atoms with van der Waals surface area (Å²) in [4.78, 5) is 0. The summed E-state index contributed by atoms with van der Waals surface area (Å²) in [5.41, 5.74) is 0. The topological polar surface area (TPSA) is 9.23 Å². The van der Waals surface area contributed by atoms with Gasteiger partial charge in [0, 0.05) is 0 Å². The van der Waals surface area contributed by atoms with Crippen LogP contribution in [-0.4, -0.2) is 21.6 Å². The maximum absolute atomic E-state index is 5.29. The first-order chi connectivity index (χ1) is 3.80. The van der Waals surface area contributed by atoms with Crippen molar-refractivity contribution in [3.05, 3.63) is 10.2 Å². The molecule has 1 nitrogen and oxygen atoms in total. The van der Waals surface area contributed by atoms with E-state index < -0.39 is 0 Å². The Balaban J connectivity index is 2.60. The van der Waals surface area contributed by atoms with Crippen molar-refractivity contribution in [1.82, 2.24) is 0 Å². The molecule has 1 heterocycles. The molecule has 0 unspecified atom stereocenters. The van der Waals surface area contributed by atoms with Crippen LogP contribution < -0.4 is 0 Å². The first-order valence-electron chi connectivity index (χ1n) is 2.74. The van der Waals surface area contributed by atoms with Gasteiger partial charge in [0.15, 0.2) is 0 Å². The Hall–Kier alpha value is 0.0595. The summed E-state index contributed by atoms with van der Waals surface area (Å²) in [7, 11) is 0. The van der Waals surface area contributed by atoms with E-state index in [1.54, 1.807) is 0 Å². The number of hydrogen-bond acceptors (Lipinski definition) is 1. The van der Waals surface area contributed by atoms with E-state index in [1.165, 1.54) is 9.79 Å². The van der Waals surface area contributed by atoms with E-state index in [0.717, 1.165) is 27.3 Å². The Kier molecular flexibility index (Phi) is 1.98. The molecule has 0 aromatic rings. The second kappa shape index (κ2) is 2.56. The van der Waals surface area contributed by atoms with Crippen LogP contribution in [0.5, 0.6) is 0 Å². The van der Waals surface area contributed by atoms with E-state index in [-0.39, 0.29) is 0 Å². The van der Waals surface area contributed by atoms with Crippen LogP contribution in [0.2, 0.25) is 5.32 Å². The van der Waals surface area contributed by atoms with Gasteiger partial charge in [0.05, 0.1) is 0 Å². The molecule has 0 fully saturated rings. The van der Waals surface area contributed by atoms with Gasteiger partial charge < -0.3 is 0 Å². The van der Waals surface area contributed by atoms with Crippen molar-refractivity contribution in [2.75, 3.05) is 6.61 Å². The standard InChI is InChI=1S/C6H10OSe/c1-5-6(2)8-4-3-7-5/h3-4H2,1-2H3. The molecule has 0 saturated heterocycles. The normalized spacial score (nSPS) is 20.8. The summed E-state index contributed by atoms with van der Waals surface area (Å²) in [5, 5.41) is 1.26. The third-order valence-electron chi connectivity index (χ3n) is 1.22. The second-order valence-corrected chi connectivity index (χ2v) is 4.56. The van der Waals surface area contributed by atoms with Gasteiger partial charge in [-0.25, -0.2) is 0 Å². The first kappa shape index (κ1) is 6.18. The van der Waals surface area contributed by atoms with Gasteiger partial charge in [-0.3, -0.25) is 0 Å². The van der Waals surface area contributed by atoms with Crippen LogP contribution in [-0.2, 0) is 4.74 Å². The fourth-order valence-corrected chi connectivity index (χ4v) is 2.13. The molecule has 0 spiro atoms. The minimum atomic E-state index is 0.738. The quantitative estimate of drug-likeness (QED) is 0.508. The van der Waals surface area contributed by atoms with Gasteiger partial charge in [0.2, 0.25) is 0 Å². The molecular formula is C6H10OSe. The monoisotopic (exact) mass is 178 g/mol. The molecule has 1 aliphatic heterocycles. The molecule has 0 aromatic carbocycles. The van der Waals surface area contributed by atoms with Crippen LogP contribution >= 0.6 is 0 Å². The predicted molar refractivity (Wildman–Crippen MR) is 34.9 cm³/mol. The van der Waals surface area contributed by atoms with Crippen LogP contribution in [0.4, 0.5) is 0 Å². The minimum absolute atomic E-state index is 0.738. The van der Waals surface area contributed by atoms with Crippen LogP contribution in [0, 0.1) is 0 Å². The molecule has 0 atom stereocenters. The summed E-state index contributed by atoms with van der Waals surface area (Å²) in [6.45, 7) is 5.16. The molecule has 0 N–H and O–H groups in total. The molecule has 0 radical (unpaired) electrons. The Morgan fingerprint density at radius 2 is 2.25 bits per heavy atom. The van der Waals surface area contributed by atoms with E-state index in [1.807, 2.05) is 0 Å². The van der Waals surface area contributed by atoms with Crippen LogP contribution in [0.3, 0.4) is 0 Å². The van der Waals surface area contributed by atoms with Gasteiger partial charge in [-0.15, -0.1) is 0 Å². The Morgan fingerprint density at radius 1 is 1.50 bits per heavy atom. The van der Waals surface area contributed by atoms with E-state index in [0.29, 0.717) is 0 Å². The van der Waals surface area contributed by atoms with E-state index in [2.05, 4.69) is 13.8 Å². The molecule has 8 heavy (non-hydrogen) atoms. The van der Waals surface area contributed by atoms with E-state index >= 15 is 0 Å². The molecule has 1 rings (SSSR count). The molecule has 0 aromatic heterocycles. The average molecular weight is 177 g/mol. The van der Waals surface area contributed by atoms with Crippen LogP contribution in [0.1, 0.15) is 13.8 Å². The third kappa shape index (κ3) is 1.27. The summed E-state index contributed by atoms with van der Waals surface area (Å²) < 4.78 is 6.76. The van der Waals surface area contributed by atoms with Crippen molar-refractivity contribution in [2.45, 2.75) is 19.2 Å². The number of ether oxygens (including phenoxy) is 1. The number of hydrogen-bond donors (Lipinski definition) is 0. The zero-order chi connectivity index (χ0) is 5.98. The first-order valence-corrected chi connectivity index (χ1v) is 4.80. The summed E-state index contributed by atoms with van der Waals surface area (Å²) in [5.74, 6) is 1.16. The van der Waals surface area contributed by atoms with Crippen molar-refractivity contribution >= 4 is 15.0 Å². The number of rotatable bonds is 0. The van der Waals surface area contributed by atoms with Gasteiger partial charge in [0.1, 0.15) is 0 Å². The van der Waals surface area contributed by atoms with Crippen molar-refractivity contribution < 1.29 is 4.74 Å². The summed E-state index contributed by atoms with van der Waals surface area (Å²) >= 11 is 0.738. The Morgan fingerprint density at radius 3 is 2.62 bits per heavy atom. The molecule has 1 aliphatic rings. The SMILES string of the molecule is CC1=C(C)[Se]CCO1. The van der Waals surface area contributed by atoms with E-state index in [9.17, 15) is 0 Å². The zero-order valence-corrected chi connectivity index (χ0v) is 6.94. The van der Waals surface area contributed by atoms with E-state index in [4.69, 9.17) is 4.74 Å². The molecule has 0 bridgehead atoms. The molecule has 0 aliphatic carbocycles. The van der Waals surface area contributed by atoms with Crippen molar-refractivity contribution in [2.24, 2.45) is 0 Å². The van der Waals surface area contributed by atoms with Gasteiger partial charge >= 0.3 is 55.7 Å². The van der Waals surface area contributed by atoms with Crippen molar-refractivity contribution in [1.29, 1.82) is 0 Å². The third-order valence-corrected chi connectivity index (χ3v) is 3.51. The number of allylic oxidation sites excluding steroid dienone is 2. The predicted octanol–water partition coefficient (Wildman–Crippen LogP) is 1.39. The molecule has 0 saturated carbocycles. The van der Waals surface area contributed by atoms with Crippen LogP contribution in [0.15, 0.2) is 10.2 Å².